The first-order valence-electron chi connectivity index (χ1n) is 2.27. The van der Waals surface area contributed by atoms with Crippen LogP contribution in [0.5, 0.6) is 0 Å². The van der Waals surface area contributed by atoms with Gasteiger partial charge in [-0.25, -0.2) is 4.79 Å². The Hall–Kier alpha value is -0.510. The third-order valence-corrected chi connectivity index (χ3v) is 0.927. The summed E-state index contributed by atoms with van der Waals surface area (Å²) >= 11 is 3.01. The second-order valence-electron chi connectivity index (χ2n) is 1.13. The first-order valence-corrected chi connectivity index (χ1v) is 3.18. The molecule has 0 unspecified atom stereocenters. The van der Waals surface area contributed by atoms with Gasteiger partial charge in [0.05, 0.1) is 7.11 Å². The first-order chi connectivity index (χ1) is 4.31. The highest BCUT2D eigenvalue weighted by Gasteiger charge is 1.94. The number of rotatable bonds is 2. The Bertz CT molecular complexity index is 111. The van der Waals surface area contributed by atoms with Crippen LogP contribution in [-0.2, 0) is 9.47 Å². The van der Waals surface area contributed by atoms with Gasteiger partial charge < -0.3 is 9.47 Å². The molecule has 0 aliphatic rings. The molecule has 0 spiro atoms. The van der Waals surface area contributed by atoms with Crippen molar-refractivity contribution in [3.05, 3.63) is 11.1 Å². The van der Waals surface area contributed by atoms with Crippen molar-refractivity contribution in [2.24, 2.45) is 0 Å². The zero-order valence-electron chi connectivity index (χ0n) is 4.96. The fourth-order valence-electron chi connectivity index (χ4n) is 0.211. The summed E-state index contributed by atoms with van der Waals surface area (Å²) in [6, 6.07) is 0. The number of carbonyl (C=O) groups excluding carboxylic acids is 1. The standard InChI is InChI=1S/C5H7BrO3/c1-8-5(7)9-4-2-3-6/h2-3H,4H2,1H3/b3-2+. The largest absolute Gasteiger partial charge is 0.508 e. The van der Waals surface area contributed by atoms with Crippen molar-refractivity contribution < 1.29 is 14.3 Å². The Morgan fingerprint density at radius 3 is 2.89 bits per heavy atom. The van der Waals surface area contributed by atoms with Gasteiger partial charge in [-0.1, -0.05) is 15.9 Å². The van der Waals surface area contributed by atoms with Gasteiger partial charge in [-0.05, 0) is 11.1 Å². The van der Waals surface area contributed by atoms with Gasteiger partial charge in [0.2, 0.25) is 0 Å². The predicted molar refractivity (Wildman–Crippen MR) is 36.4 cm³/mol. The van der Waals surface area contributed by atoms with E-state index < -0.39 is 6.16 Å². The summed E-state index contributed by atoms with van der Waals surface area (Å²) in [5, 5.41) is 0. The molecule has 0 aromatic rings. The van der Waals surface area contributed by atoms with Crippen LogP contribution in [-0.4, -0.2) is 19.9 Å². The third kappa shape index (κ3) is 5.36. The Kier molecular flexibility index (Phi) is 5.30. The molecule has 0 aromatic heterocycles. The number of carbonyl (C=O) groups is 1. The molecule has 0 atom stereocenters. The highest BCUT2D eigenvalue weighted by molar-refractivity contribution is 9.11. The molecule has 0 saturated carbocycles. The van der Waals surface area contributed by atoms with E-state index in [0.717, 1.165) is 0 Å². The molecule has 9 heavy (non-hydrogen) atoms. The molecular formula is C5H7BrO3. The maximum atomic E-state index is 10.2. The summed E-state index contributed by atoms with van der Waals surface area (Å²) in [5.41, 5.74) is 0. The van der Waals surface area contributed by atoms with Gasteiger partial charge in [-0.2, -0.15) is 0 Å². The lowest BCUT2D eigenvalue weighted by atomic mass is 10.7. The Morgan fingerprint density at radius 1 is 1.78 bits per heavy atom. The van der Waals surface area contributed by atoms with Gasteiger partial charge in [0, 0.05) is 0 Å². The van der Waals surface area contributed by atoms with Crippen LogP contribution >= 0.6 is 15.9 Å². The molecule has 4 heteroatoms. The number of hydrogen-bond donors (Lipinski definition) is 0. The lowest BCUT2D eigenvalue weighted by molar-refractivity contribution is 0.0818. The summed E-state index contributed by atoms with van der Waals surface area (Å²) in [7, 11) is 1.26. The van der Waals surface area contributed by atoms with E-state index in [1.165, 1.54) is 7.11 Å². The van der Waals surface area contributed by atoms with Crippen LogP contribution in [0, 0.1) is 0 Å². The van der Waals surface area contributed by atoms with Crippen LogP contribution in [0.4, 0.5) is 4.79 Å². The summed E-state index contributed by atoms with van der Waals surface area (Å²) < 4.78 is 8.64. The van der Waals surface area contributed by atoms with Crippen LogP contribution < -0.4 is 0 Å². The van der Waals surface area contributed by atoms with Crippen LogP contribution in [0.3, 0.4) is 0 Å². The molecule has 0 aromatic carbocycles. The van der Waals surface area contributed by atoms with Crippen molar-refractivity contribution >= 4 is 22.1 Å². The zero-order valence-corrected chi connectivity index (χ0v) is 6.55. The van der Waals surface area contributed by atoms with Crippen molar-refractivity contribution in [2.75, 3.05) is 13.7 Å². The minimum atomic E-state index is -0.666. The van der Waals surface area contributed by atoms with E-state index in [9.17, 15) is 4.79 Å². The van der Waals surface area contributed by atoms with E-state index in [2.05, 4.69) is 25.4 Å². The molecular weight excluding hydrogens is 188 g/mol. The fourth-order valence-corrected chi connectivity index (χ4v) is 0.364. The van der Waals surface area contributed by atoms with Crippen molar-refractivity contribution in [1.29, 1.82) is 0 Å². The second kappa shape index (κ2) is 5.62. The average molecular weight is 195 g/mol. The van der Waals surface area contributed by atoms with Gasteiger partial charge in [-0.15, -0.1) is 0 Å². The molecule has 0 heterocycles. The van der Waals surface area contributed by atoms with Crippen molar-refractivity contribution in [3.8, 4) is 0 Å². The molecule has 0 aliphatic carbocycles. The fraction of sp³-hybridized carbons (Fsp3) is 0.400. The summed E-state index contributed by atoms with van der Waals surface area (Å²) in [5.74, 6) is 0. The highest BCUT2D eigenvalue weighted by Crippen LogP contribution is 1.85. The second-order valence-corrected chi connectivity index (χ2v) is 1.66. The average Bonchev–Trinajstić information content (AvgIpc) is 1.89. The van der Waals surface area contributed by atoms with Crippen molar-refractivity contribution in [1.82, 2.24) is 0 Å². The lowest BCUT2D eigenvalue weighted by Gasteiger charge is -1.96. The third-order valence-electron chi connectivity index (χ3n) is 0.553. The van der Waals surface area contributed by atoms with E-state index in [-0.39, 0.29) is 6.61 Å². The number of hydrogen-bond acceptors (Lipinski definition) is 3. The summed E-state index contributed by atoms with van der Waals surface area (Å²) in [6.45, 7) is 0.234. The topological polar surface area (TPSA) is 35.5 Å². The monoisotopic (exact) mass is 194 g/mol. The van der Waals surface area contributed by atoms with Gasteiger partial charge >= 0.3 is 6.16 Å². The minimum Gasteiger partial charge on any atom is -0.438 e. The maximum Gasteiger partial charge on any atom is 0.508 e. The molecule has 3 nitrogen and oxygen atoms in total. The summed E-state index contributed by atoms with van der Waals surface area (Å²) in [6.07, 6.45) is 0.970. The number of ether oxygens (including phenoxy) is 2. The van der Waals surface area contributed by atoms with Gasteiger partial charge in [0.15, 0.2) is 0 Å². The Morgan fingerprint density at radius 2 is 2.44 bits per heavy atom. The normalized spacial score (nSPS) is 9.56. The molecule has 0 aliphatic heterocycles. The van der Waals surface area contributed by atoms with Crippen LogP contribution in [0.2, 0.25) is 0 Å². The van der Waals surface area contributed by atoms with Gasteiger partial charge in [0.25, 0.3) is 0 Å². The van der Waals surface area contributed by atoms with Crippen LogP contribution in [0.15, 0.2) is 11.1 Å². The lowest BCUT2D eigenvalue weighted by Crippen LogP contribution is -2.03. The Labute approximate surface area is 61.8 Å². The van der Waals surface area contributed by atoms with Crippen LogP contribution in [0.1, 0.15) is 0 Å². The maximum absolute atomic E-state index is 10.2. The number of halogens is 1. The van der Waals surface area contributed by atoms with Gasteiger partial charge in [0.1, 0.15) is 6.61 Å². The molecule has 0 saturated heterocycles. The quantitative estimate of drug-likeness (QED) is 0.628. The smallest absolute Gasteiger partial charge is 0.438 e. The number of methoxy groups -OCH3 is 1. The first kappa shape index (κ1) is 8.49. The molecule has 0 rings (SSSR count). The molecule has 0 bridgehead atoms. The molecule has 52 valence electrons. The zero-order chi connectivity index (χ0) is 7.11. The SMILES string of the molecule is COC(=O)OC/C=C/Br. The highest BCUT2D eigenvalue weighted by atomic mass is 79.9. The van der Waals surface area contributed by atoms with Crippen LogP contribution in [0.25, 0.3) is 0 Å². The van der Waals surface area contributed by atoms with Crippen molar-refractivity contribution in [2.45, 2.75) is 0 Å². The van der Waals surface area contributed by atoms with E-state index >= 15 is 0 Å². The van der Waals surface area contributed by atoms with E-state index in [1.54, 1.807) is 11.1 Å². The summed E-state index contributed by atoms with van der Waals surface area (Å²) in [4.78, 5) is 11.8. The minimum absolute atomic E-state index is 0.234. The molecule has 0 fully saturated rings. The van der Waals surface area contributed by atoms with Gasteiger partial charge in [-0.3, -0.25) is 0 Å². The predicted octanol–water partition coefficient (Wildman–Crippen LogP) is 1.68. The van der Waals surface area contributed by atoms with E-state index in [4.69, 9.17) is 0 Å². The van der Waals surface area contributed by atoms with E-state index in [0.29, 0.717) is 0 Å². The molecule has 0 amide bonds. The molecule has 0 radical (unpaired) electrons. The Balaban J connectivity index is 3.17. The van der Waals surface area contributed by atoms with Crippen molar-refractivity contribution in [3.63, 3.8) is 0 Å². The van der Waals surface area contributed by atoms with E-state index in [1.807, 2.05) is 0 Å². The molecule has 0 N–H and O–H groups in total.